The molecule has 0 aliphatic carbocycles. The van der Waals surface area contributed by atoms with Crippen LogP contribution < -0.4 is 0 Å². The van der Waals surface area contributed by atoms with Crippen LogP contribution in [0.15, 0.2) is 52.1 Å². The second-order valence-electron chi connectivity index (χ2n) is 5.44. The minimum absolute atomic E-state index is 0.0659. The lowest BCUT2D eigenvalue weighted by Gasteiger charge is -2.01. The van der Waals surface area contributed by atoms with Crippen LogP contribution in [0.5, 0.6) is 0 Å². The third-order valence-corrected chi connectivity index (χ3v) is 4.62. The summed E-state index contributed by atoms with van der Waals surface area (Å²) in [6, 6.07) is 14.0. The summed E-state index contributed by atoms with van der Waals surface area (Å²) >= 11 is 1.51. The van der Waals surface area contributed by atoms with Crippen LogP contribution >= 0.6 is 11.8 Å². The number of aryl methyl sites for hydroxylation is 2. The fourth-order valence-electron chi connectivity index (χ4n) is 2.15. The maximum absolute atomic E-state index is 9.05. The van der Waals surface area contributed by atoms with Crippen molar-refractivity contribution in [1.82, 2.24) is 10.2 Å². The quantitative estimate of drug-likeness (QED) is 0.714. The van der Waals surface area contributed by atoms with E-state index in [0.29, 0.717) is 11.1 Å². The van der Waals surface area contributed by atoms with Crippen molar-refractivity contribution in [3.63, 3.8) is 0 Å². The van der Waals surface area contributed by atoms with Gasteiger partial charge in [0.2, 0.25) is 5.89 Å². The number of thioether (sulfide) groups is 1. The van der Waals surface area contributed by atoms with E-state index in [1.165, 1.54) is 22.9 Å². The van der Waals surface area contributed by atoms with E-state index >= 15 is 0 Å². The number of aromatic nitrogens is 2. The smallest absolute Gasteiger partial charge is 0.277 e. The number of aliphatic hydroxyl groups is 1. The van der Waals surface area contributed by atoms with E-state index in [1.807, 2.05) is 30.3 Å². The molecule has 5 heteroatoms. The van der Waals surface area contributed by atoms with Gasteiger partial charge in [-0.15, -0.1) is 10.2 Å². The Morgan fingerprint density at radius 3 is 2.39 bits per heavy atom. The van der Waals surface area contributed by atoms with Crippen molar-refractivity contribution < 1.29 is 9.52 Å². The Balaban J connectivity index is 1.67. The molecule has 118 valence electrons. The normalized spacial score (nSPS) is 10.9. The molecule has 0 saturated carbocycles. The van der Waals surface area contributed by atoms with Gasteiger partial charge in [-0.3, -0.25) is 0 Å². The first-order chi connectivity index (χ1) is 11.2. The van der Waals surface area contributed by atoms with Crippen molar-refractivity contribution in [2.24, 2.45) is 0 Å². The van der Waals surface area contributed by atoms with Crippen molar-refractivity contribution in [3.05, 3.63) is 64.7 Å². The highest BCUT2D eigenvalue weighted by atomic mass is 32.2. The van der Waals surface area contributed by atoms with Crippen LogP contribution in [0, 0.1) is 13.8 Å². The number of rotatable bonds is 5. The Hall–Kier alpha value is -2.11. The molecule has 1 aromatic heterocycles. The van der Waals surface area contributed by atoms with Crippen LogP contribution in [0.2, 0.25) is 0 Å². The molecule has 0 fully saturated rings. The molecule has 0 bridgehead atoms. The Labute approximate surface area is 139 Å². The number of benzene rings is 2. The molecule has 0 aliphatic rings. The lowest BCUT2D eigenvalue weighted by atomic mass is 10.1. The van der Waals surface area contributed by atoms with Gasteiger partial charge >= 0.3 is 0 Å². The lowest BCUT2D eigenvalue weighted by Crippen LogP contribution is -1.85. The van der Waals surface area contributed by atoms with Gasteiger partial charge in [-0.05, 0) is 48.2 Å². The molecule has 3 aromatic rings. The summed E-state index contributed by atoms with van der Waals surface area (Å²) in [6.07, 6.45) is 0. The Kier molecular flexibility index (Phi) is 4.79. The molecule has 1 heterocycles. The topological polar surface area (TPSA) is 59.2 Å². The minimum Gasteiger partial charge on any atom is -0.411 e. The highest BCUT2D eigenvalue weighted by Crippen LogP contribution is 2.26. The summed E-state index contributed by atoms with van der Waals surface area (Å²) < 4.78 is 5.73. The Morgan fingerprint density at radius 2 is 1.70 bits per heavy atom. The van der Waals surface area contributed by atoms with Gasteiger partial charge in [-0.2, -0.15) is 0 Å². The van der Waals surface area contributed by atoms with Crippen LogP contribution in [-0.4, -0.2) is 15.3 Å². The zero-order valence-corrected chi connectivity index (χ0v) is 13.9. The minimum atomic E-state index is 0.0659. The van der Waals surface area contributed by atoms with E-state index < -0.39 is 0 Å². The van der Waals surface area contributed by atoms with Gasteiger partial charge in [0, 0.05) is 11.3 Å². The van der Waals surface area contributed by atoms with E-state index in [4.69, 9.17) is 9.52 Å². The molecule has 0 atom stereocenters. The molecule has 23 heavy (non-hydrogen) atoms. The van der Waals surface area contributed by atoms with Gasteiger partial charge in [0.05, 0.1) is 6.61 Å². The van der Waals surface area contributed by atoms with E-state index in [1.54, 1.807) is 0 Å². The molecular formula is C18H18N2O2S. The maximum Gasteiger partial charge on any atom is 0.277 e. The van der Waals surface area contributed by atoms with Gasteiger partial charge in [-0.1, -0.05) is 42.1 Å². The van der Waals surface area contributed by atoms with Crippen molar-refractivity contribution >= 4 is 11.8 Å². The number of nitrogens with zero attached hydrogens (tertiary/aromatic N) is 2. The molecule has 2 aromatic carbocycles. The number of aliphatic hydroxyl groups excluding tert-OH is 1. The molecule has 0 saturated heterocycles. The second kappa shape index (κ2) is 6.98. The third-order valence-electron chi connectivity index (χ3n) is 3.73. The summed E-state index contributed by atoms with van der Waals surface area (Å²) in [5, 5.41) is 17.8. The molecule has 4 nitrogen and oxygen atoms in total. The highest BCUT2D eigenvalue weighted by Gasteiger charge is 2.10. The second-order valence-corrected chi connectivity index (χ2v) is 6.36. The van der Waals surface area contributed by atoms with E-state index in [9.17, 15) is 0 Å². The van der Waals surface area contributed by atoms with Gasteiger partial charge in [0.25, 0.3) is 5.22 Å². The summed E-state index contributed by atoms with van der Waals surface area (Å²) in [7, 11) is 0. The molecule has 1 N–H and O–H groups in total. The summed E-state index contributed by atoms with van der Waals surface area (Å²) in [4.78, 5) is 0. The first kappa shape index (κ1) is 15.8. The Morgan fingerprint density at radius 1 is 0.957 bits per heavy atom. The fourth-order valence-corrected chi connectivity index (χ4v) is 2.86. The third kappa shape index (κ3) is 3.81. The lowest BCUT2D eigenvalue weighted by molar-refractivity contribution is 0.282. The highest BCUT2D eigenvalue weighted by molar-refractivity contribution is 7.98. The van der Waals surface area contributed by atoms with Crippen molar-refractivity contribution in [2.45, 2.75) is 31.4 Å². The van der Waals surface area contributed by atoms with Crippen molar-refractivity contribution in [3.8, 4) is 11.5 Å². The monoisotopic (exact) mass is 326 g/mol. The largest absolute Gasteiger partial charge is 0.411 e. The summed E-state index contributed by atoms with van der Waals surface area (Å²) in [6.45, 7) is 4.22. The summed E-state index contributed by atoms with van der Waals surface area (Å²) in [5.74, 6) is 1.30. The van der Waals surface area contributed by atoms with Gasteiger partial charge < -0.3 is 9.52 Å². The van der Waals surface area contributed by atoms with Crippen LogP contribution in [-0.2, 0) is 12.4 Å². The molecule has 0 spiro atoms. The molecule has 0 unspecified atom stereocenters. The molecule has 0 radical (unpaired) electrons. The molecule has 0 aliphatic heterocycles. The van der Waals surface area contributed by atoms with Crippen LogP contribution in [0.25, 0.3) is 11.5 Å². The Bertz CT molecular complexity index is 797. The van der Waals surface area contributed by atoms with E-state index in [2.05, 4.69) is 36.2 Å². The van der Waals surface area contributed by atoms with Crippen LogP contribution in [0.3, 0.4) is 0 Å². The average molecular weight is 326 g/mol. The maximum atomic E-state index is 9.05. The fraction of sp³-hybridized carbons (Fsp3) is 0.222. The van der Waals surface area contributed by atoms with Crippen LogP contribution in [0.1, 0.15) is 22.3 Å². The molecule has 0 amide bonds. The SMILES string of the molecule is Cc1ccc(-c2nnc(SCc3ccc(CO)cc3)o2)cc1C. The van der Waals surface area contributed by atoms with Gasteiger partial charge in [0.15, 0.2) is 0 Å². The first-order valence-electron chi connectivity index (χ1n) is 7.38. The zero-order valence-electron chi connectivity index (χ0n) is 13.1. The first-order valence-corrected chi connectivity index (χ1v) is 8.37. The van der Waals surface area contributed by atoms with Gasteiger partial charge in [0.1, 0.15) is 0 Å². The summed E-state index contributed by atoms with van der Waals surface area (Å²) in [5.41, 5.74) is 5.46. The number of hydrogen-bond acceptors (Lipinski definition) is 5. The van der Waals surface area contributed by atoms with E-state index in [-0.39, 0.29) is 6.61 Å². The average Bonchev–Trinajstić information content (AvgIpc) is 3.05. The zero-order chi connectivity index (χ0) is 16.2. The van der Waals surface area contributed by atoms with Crippen molar-refractivity contribution in [1.29, 1.82) is 0 Å². The molecule has 3 rings (SSSR count). The van der Waals surface area contributed by atoms with Gasteiger partial charge in [-0.25, -0.2) is 0 Å². The standard InChI is InChI=1S/C18H18N2O2S/c1-12-3-8-16(9-13(12)2)17-19-20-18(22-17)23-11-15-6-4-14(10-21)5-7-15/h3-9,21H,10-11H2,1-2H3. The van der Waals surface area contributed by atoms with Crippen LogP contribution in [0.4, 0.5) is 0 Å². The molecular weight excluding hydrogens is 308 g/mol. The number of hydrogen-bond donors (Lipinski definition) is 1. The van der Waals surface area contributed by atoms with E-state index in [0.717, 1.165) is 22.4 Å². The predicted octanol–water partition coefficient (Wildman–Crippen LogP) is 4.14. The predicted molar refractivity (Wildman–Crippen MR) is 91.1 cm³/mol. The van der Waals surface area contributed by atoms with Crippen molar-refractivity contribution in [2.75, 3.05) is 0 Å².